The van der Waals surface area contributed by atoms with Gasteiger partial charge in [0.2, 0.25) is 0 Å². The van der Waals surface area contributed by atoms with E-state index in [1.165, 1.54) is 0 Å². The van der Waals surface area contributed by atoms with Gasteiger partial charge in [0.15, 0.2) is 0 Å². The predicted octanol–water partition coefficient (Wildman–Crippen LogP) is 2.92. The van der Waals surface area contributed by atoms with Crippen LogP contribution in [-0.2, 0) is 0 Å². The van der Waals surface area contributed by atoms with Crippen LogP contribution < -0.4 is 10.5 Å². The van der Waals surface area contributed by atoms with Gasteiger partial charge in [0.05, 0.1) is 7.11 Å². The van der Waals surface area contributed by atoms with Crippen LogP contribution in [0.4, 0.5) is 0 Å². The summed E-state index contributed by atoms with van der Waals surface area (Å²) in [6.07, 6.45) is 2.49. The third-order valence-corrected chi connectivity index (χ3v) is 2.25. The molecule has 0 saturated heterocycles. The maximum absolute atomic E-state index is 5.94. The minimum atomic E-state index is -0.110. The quantitative estimate of drug-likeness (QED) is 0.778. The Kier molecular flexibility index (Phi) is 3.98. The zero-order valence-corrected chi connectivity index (χ0v) is 8.92. The van der Waals surface area contributed by atoms with Crippen molar-refractivity contribution in [3.63, 3.8) is 0 Å². The SMILES string of the molecule is C=CCC(N)c1cc(Cl)ccc1OC. The lowest BCUT2D eigenvalue weighted by atomic mass is 10.0. The van der Waals surface area contributed by atoms with Crippen LogP contribution in [0.2, 0.25) is 5.02 Å². The van der Waals surface area contributed by atoms with Crippen LogP contribution in [0.3, 0.4) is 0 Å². The van der Waals surface area contributed by atoms with E-state index in [4.69, 9.17) is 22.1 Å². The van der Waals surface area contributed by atoms with Crippen molar-refractivity contribution >= 4 is 11.6 Å². The summed E-state index contributed by atoms with van der Waals surface area (Å²) in [7, 11) is 1.62. The summed E-state index contributed by atoms with van der Waals surface area (Å²) in [5.74, 6) is 0.767. The molecule has 1 aromatic carbocycles. The molecule has 0 bridgehead atoms. The van der Waals surface area contributed by atoms with E-state index in [-0.39, 0.29) is 6.04 Å². The number of hydrogen-bond acceptors (Lipinski definition) is 2. The van der Waals surface area contributed by atoms with Crippen LogP contribution in [0.25, 0.3) is 0 Å². The molecule has 0 aromatic heterocycles. The van der Waals surface area contributed by atoms with Crippen molar-refractivity contribution < 1.29 is 4.74 Å². The average Bonchev–Trinajstić information content (AvgIpc) is 2.18. The first kappa shape index (κ1) is 11.1. The molecule has 2 nitrogen and oxygen atoms in total. The molecule has 14 heavy (non-hydrogen) atoms. The van der Waals surface area contributed by atoms with Crippen molar-refractivity contribution in [3.05, 3.63) is 41.4 Å². The fourth-order valence-electron chi connectivity index (χ4n) is 1.30. The lowest BCUT2D eigenvalue weighted by molar-refractivity contribution is 0.406. The smallest absolute Gasteiger partial charge is 0.123 e. The molecule has 0 aliphatic rings. The van der Waals surface area contributed by atoms with Crippen LogP contribution in [0, 0.1) is 0 Å². The van der Waals surface area contributed by atoms with Gasteiger partial charge in [-0.3, -0.25) is 0 Å². The molecule has 0 saturated carbocycles. The summed E-state index contributed by atoms with van der Waals surface area (Å²) in [4.78, 5) is 0. The van der Waals surface area contributed by atoms with Crippen molar-refractivity contribution in [3.8, 4) is 5.75 Å². The second kappa shape index (κ2) is 5.03. The maximum atomic E-state index is 5.94. The van der Waals surface area contributed by atoms with Crippen LogP contribution in [-0.4, -0.2) is 7.11 Å². The molecule has 0 amide bonds. The van der Waals surface area contributed by atoms with Gasteiger partial charge in [0.25, 0.3) is 0 Å². The first-order valence-corrected chi connectivity index (χ1v) is 4.76. The highest BCUT2D eigenvalue weighted by Gasteiger charge is 2.10. The van der Waals surface area contributed by atoms with Crippen molar-refractivity contribution in [2.45, 2.75) is 12.5 Å². The Bertz CT molecular complexity index is 325. The van der Waals surface area contributed by atoms with Crippen LogP contribution in [0.1, 0.15) is 18.0 Å². The molecule has 0 fully saturated rings. The molecule has 0 aliphatic heterocycles. The Hall–Kier alpha value is -0.990. The highest BCUT2D eigenvalue weighted by Crippen LogP contribution is 2.28. The molecule has 0 spiro atoms. The third kappa shape index (κ3) is 2.50. The van der Waals surface area contributed by atoms with Gasteiger partial charge >= 0.3 is 0 Å². The topological polar surface area (TPSA) is 35.2 Å². The fourth-order valence-corrected chi connectivity index (χ4v) is 1.48. The van der Waals surface area contributed by atoms with Gasteiger partial charge in [0, 0.05) is 16.6 Å². The van der Waals surface area contributed by atoms with Gasteiger partial charge < -0.3 is 10.5 Å². The monoisotopic (exact) mass is 211 g/mol. The molecule has 76 valence electrons. The van der Waals surface area contributed by atoms with Gasteiger partial charge in [0.1, 0.15) is 5.75 Å². The molecule has 1 atom stereocenters. The number of hydrogen-bond donors (Lipinski definition) is 1. The zero-order valence-electron chi connectivity index (χ0n) is 8.16. The minimum Gasteiger partial charge on any atom is -0.496 e. The Labute approximate surface area is 89.3 Å². The van der Waals surface area contributed by atoms with Crippen molar-refractivity contribution in [2.24, 2.45) is 5.73 Å². The summed E-state index contributed by atoms with van der Waals surface area (Å²) in [6.45, 7) is 3.65. The molecule has 2 N–H and O–H groups in total. The van der Waals surface area contributed by atoms with E-state index in [0.29, 0.717) is 11.4 Å². The van der Waals surface area contributed by atoms with E-state index >= 15 is 0 Å². The van der Waals surface area contributed by atoms with Crippen molar-refractivity contribution in [1.29, 1.82) is 0 Å². The Morgan fingerprint density at radius 2 is 2.36 bits per heavy atom. The molecular formula is C11H14ClNO. The van der Waals surface area contributed by atoms with E-state index < -0.39 is 0 Å². The number of halogens is 1. The lowest BCUT2D eigenvalue weighted by Gasteiger charge is -2.14. The molecule has 0 radical (unpaired) electrons. The van der Waals surface area contributed by atoms with E-state index in [2.05, 4.69) is 6.58 Å². The van der Waals surface area contributed by atoms with Gasteiger partial charge in [-0.1, -0.05) is 17.7 Å². The van der Waals surface area contributed by atoms with Gasteiger partial charge in [-0.15, -0.1) is 6.58 Å². The molecule has 1 rings (SSSR count). The second-order valence-corrected chi connectivity index (χ2v) is 3.45. The Morgan fingerprint density at radius 3 is 2.93 bits per heavy atom. The first-order valence-electron chi connectivity index (χ1n) is 4.39. The first-order chi connectivity index (χ1) is 6.69. The molecule has 0 aliphatic carbocycles. The standard InChI is InChI=1S/C11H14ClNO/c1-3-4-10(13)9-7-8(12)5-6-11(9)14-2/h3,5-7,10H,1,4,13H2,2H3. The highest BCUT2D eigenvalue weighted by atomic mass is 35.5. The number of nitrogens with two attached hydrogens (primary N) is 1. The molecule has 1 aromatic rings. The lowest BCUT2D eigenvalue weighted by Crippen LogP contribution is -2.10. The third-order valence-electron chi connectivity index (χ3n) is 2.01. The van der Waals surface area contributed by atoms with Crippen LogP contribution in [0.5, 0.6) is 5.75 Å². The predicted molar refractivity (Wildman–Crippen MR) is 59.7 cm³/mol. The van der Waals surface area contributed by atoms with Gasteiger partial charge in [-0.25, -0.2) is 0 Å². The zero-order chi connectivity index (χ0) is 10.6. The van der Waals surface area contributed by atoms with E-state index in [9.17, 15) is 0 Å². The molecular weight excluding hydrogens is 198 g/mol. The molecule has 0 heterocycles. The number of methoxy groups -OCH3 is 1. The average molecular weight is 212 g/mol. The normalized spacial score (nSPS) is 12.2. The van der Waals surface area contributed by atoms with Gasteiger partial charge in [-0.2, -0.15) is 0 Å². The maximum Gasteiger partial charge on any atom is 0.123 e. The molecule has 1 unspecified atom stereocenters. The minimum absolute atomic E-state index is 0.110. The van der Waals surface area contributed by atoms with Crippen LogP contribution in [0.15, 0.2) is 30.9 Å². The number of benzene rings is 1. The largest absolute Gasteiger partial charge is 0.496 e. The summed E-state index contributed by atoms with van der Waals surface area (Å²) in [5, 5.41) is 0.667. The summed E-state index contributed by atoms with van der Waals surface area (Å²) < 4.78 is 5.19. The number of ether oxygens (including phenoxy) is 1. The summed E-state index contributed by atoms with van der Waals surface area (Å²) in [5.41, 5.74) is 6.86. The van der Waals surface area contributed by atoms with Crippen LogP contribution >= 0.6 is 11.6 Å². The Balaban J connectivity index is 3.02. The second-order valence-electron chi connectivity index (χ2n) is 3.02. The van der Waals surface area contributed by atoms with Gasteiger partial charge in [-0.05, 0) is 24.6 Å². The van der Waals surface area contributed by atoms with Crippen molar-refractivity contribution in [1.82, 2.24) is 0 Å². The van der Waals surface area contributed by atoms with E-state index in [1.54, 1.807) is 19.3 Å². The highest BCUT2D eigenvalue weighted by molar-refractivity contribution is 6.30. The Morgan fingerprint density at radius 1 is 1.64 bits per heavy atom. The number of rotatable bonds is 4. The van der Waals surface area contributed by atoms with E-state index in [0.717, 1.165) is 11.3 Å². The van der Waals surface area contributed by atoms with E-state index in [1.807, 2.05) is 12.1 Å². The fraction of sp³-hybridized carbons (Fsp3) is 0.273. The summed E-state index contributed by atoms with van der Waals surface area (Å²) >= 11 is 5.88. The summed E-state index contributed by atoms with van der Waals surface area (Å²) in [6, 6.07) is 5.32. The molecule has 3 heteroatoms. The van der Waals surface area contributed by atoms with Crippen molar-refractivity contribution in [2.75, 3.05) is 7.11 Å².